The Hall–Kier alpha value is -2.97. The van der Waals surface area contributed by atoms with E-state index in [4.69, 9.17) is 33.7 Å². The summed E-state index contributed by atoms with van der Waals surface area (Å²) in [5, 5.41) is 10.4. The minimum Gasteiger partial charge on any atom is -0.489 e. The number of anilines is 2. The summed E-state index contributed by atoms with van der Waals surface area (Å²) in [4.78, 5) is 16.2. The van der Waals surface area contributed by atoms with Crippen molar-refractivity contribution in [3.8, 4) is 5.75 Å². The molecule has 7 nitrogen and oxygen atoms in total. The molecule has 0 saturated carbocycles. The number of ether oxygens (including phenoxy) is 1. The average Bonchev–Trinajstić information content (AvgIpc) is 2.69. The van der Waals surface area contributed by atoms with E-state index in [2.05, 4.69) is 20.5 Å². The van der Waals surface area contributed by atoms with Crippen molar-refractivity contribution in [1.82, 2.24) is 15.2 Å². The maximum atomic E-state index is 13.6. The van der Waals surface area contributed by atoms with Crippen molar-refractivity contribution in [2.75, 3.05) is 17.7 Å². The maximum absolute atomic E-state index is 13.6. The molecule has 3 N–H and O–H groups in total. The van der Waals surface area contributed by atoms with Gasteiger partial charge in [-0.2, -0.15) is 0 Å². The lowest BCUT2D eigenvalue weighted by atomic mass is 10.1. The third kappa shape index (κ3) is 4.65. The molecule has 0 saturated heterocycles. The van der Waals surface area contributed by atoms with Crippen LogP contribution in [-0.2, 0) is 6.42 Å². The highest BCUT2D eigenvalue weighted by atomic mass is 35.5. The maximum Gasteiger partial charge on any atom is 0.276 e. The van der Waals surface area contributed by atoms with Crippen LogP contribution in [0.25, 0.3) is 0 Å². The SMILES string of the molecule is Nc1nnc(C(=O)Nc2ccncc2)cc1OCCc1c(Cl)ccc(F)c1Cl. The highest BCUT2D eigenvalue weighted by Gasteiger charge is 2.14. The lowest BCUT2D eigenvalue weighted by Crippen LogP contribution is -2.16. The Morgan fingerprint density at radius 3 is 2.68 bits per heavy atom. The number of nitrogens with zero attached hydrogens (tertiary/aromatic N) is 3. The largest absolute Gasteiger partial charge is 0.489 e. The number of hydrogen-bond donors (Lipinski definition) is 2. The van der Waals surface area contributed by atoms with E-state index in [9.17, 15) is 9.18 Å². The molecular formula is C18H14Cl2FN5O2. The molecule has 0 aliphatic carbocycles. The summed E-state index contributed by atoms with van der Waals surface area (Å²) in [6, 6.07) is 7.24. The molecule has 10 heteroatoms. The van der Waals surface area contributed by atoms with E-state index < -0.39 is 11.7 Å². The van der Waals surface area contributed by atoms with Crippen molar-refractivity contribution in [2.24, 2.45) is 0 Å². The Balaban J connectivity index is 1.69. The van der Waals surface area contributed by atoms with E-state index in [1.165, 1.54) is 18.2 Å². The summed E-state index contributed by atoms with van der Waals surface area (Å²) in [5.74, 6) is -0.878. The first kappa shape index (κ1) is 19.8. The summed E-state index contributed by atoms with van der Waals surface area (Å²) < 4.78 is 19.2. The first-order chi connectivity index (χ1) is 13.5. The quantitative estimate of drug-likeness (QED) is 0.587. The minimum atomic E-state index is -0.568. The molecular weight excluding hydrogens is 408 g/mol. The topological polar surface area (TPSA) is 103 Å². The fourth-order valence-corrected chi connectivity index (χ4v) is 2.86. The smallest absolute Gasteiger partial charge is 0.276 e. The van der Waals surface area contributed by atoms with Gasteiger partial charge < -0.3 is 15.8 Å². The van der Waals surface area contributed by atoms with Gasteiger partial charge in [-0.3, -0.25) is 9.78 Å². The molecule has 144 valence electrons. The van der Waals surface area contributed by atoms with Crippen LogP contribution in [-0.4, -0.2) is 27.7 Å². The van der Waals surface area contributed by atoms with Crippen molar-refractivity contribution in [2.45, 2.75) is 6.42 Å². The van der Waals surface area contributed by atoms with Crippen molar-refractivity contribution in [3.05, 3.63) is 69.8 Å². The number of hydrogen-bond acceptors (Lipinski definition) is 6. The van der Waals surface area contributed by atoms with E-state index in [0.717, 1.165) is 0 Å². The second-order valence-corrected chi connectivity index (χ2v) is 6.37. The van der Waals surface area contributed by atoms with Crippen LogP contribution >= 0.6 is 23.2 Å². The van der Waals surface area contributed by atoms with Crippen molar-refractivity contribution in [1.29, 1.82) is 0 Å². The summed E-state index contributed by atoms with van der Waals surface area (Å²) in [6.07, 6.45) is 3.32. The van der Waals surface area contributed by atoms with Gasteiger partial charge in [-0.25, -0.2) is 4.39 Å². The normalized spacial score (nSPS) is 10.5. The number of rotatable bonds is 6. The molecule has 0 atom stereocenters. The van der Waals surface area contributed by atoms with Gasteiger partial charge in [0.15, 0.2) is 17.3 Å². The van der Waals surface area contributed by atoms with Crippen molar-refractivity contribution < 1.29 is 13.9 Å². The summed E-state index contributed by atoms with van der Waals surface area (Å²) >= 11 is 12.0. The molecule has 0 bridgehead atoms. The van der Waals surface area contributed by atoms with Gasteiger partial charge in [-0.15, -0.1) is 10.2 Å². The predicted molar refractivity (Wildman–Crippen MR) is 104 cm³/mol. The fourth-order valence-electron chi connectivity index (χ4n) is 2.30. The van der Waals surface area contributed by atoms with Crippen LogP contribution in [0.2, 0.25) is 10.0 Å². The molecule has 28 heavy (non-hydrogen) atoms. The fraction of sp³-hybridized carbons (Fsp3) is 0.111. The molecule has 0 aliphatic heterocycles. The zero-order chi connectivity index (χ0) is 20.1. The average molecular weight is 422 g/mol. The molecule has 0 unspecified atom stereocenters. The number of carbonyl (C=O) groups excluding carboxylic acids is 1. The summed E-state index contributed by atoms with van der Waals surface area (Å²) in [5.41, 5.74) is 6.74. The third-order valence-corrected chi connectivity index (χ3v) is 4.47. The molecule has 0 spiro atoms. The molecule has 0 aliphatic rings. The first-order valence-electron chi connectivity index (χ1n) is 8.05. The van der Waals surface area contributed by atoms with Crippen molar-refractivity contribution >= 4 is 40.6 Å². The van der Waals surface area contributed by atoms with Crippen LogP contribution in [0.5, 0.6) is 5.75 Å². The van der Waals surface area contributed by atoms with Crippen LogP contribution in [0.4, 0.5) is 15.9 Å². The van der Waals surface area contributed by atoms with Gasteiger partial charge in [0.2, 0.25) is 0 Å². The number of carbonyl (C=O) groups is 1. The Morgan fingerprint density at radius 2 is 1.93 bits per heavy atom. The Bertz CT molecular complexity index is 1000. The van der Waals surface area contributed by atoms with Crippen LogP contribution < -0.4 is 15.8 Å². The van der Waals surface area contributed by atoms with Crippen LogP contribution in [0, 0.1) is 5.82 Å². The number of pyridine rings is 1. The minimum absolute atomic E-state index is 0.0110. The molecule has 0 radical (unpaired) electrons. The van der Waals surface area contributed by atoms with Gasteiger partial charge in [0.25, 0.3) is 5.91 Å². The monoisotopic (exact) mass is 421 g/mol. The highest BCUT2D eigenvalue weighted by Crippen LogP contribution is 2.28. The molecule has 1 amide bonds. The third-order valence-electron chi connectivity index (χ3n) is 3.71. The number of nitrogens with two attached hydrogens (primary N) is 1. The number of aromatic nitrogens is 3. The predicted octanol–water partition coefficient (Wildman–Crippen LogP) is 3.77. The Kier molecular flexibility index (Phi) is 6.23. The van der Waals surface area contributed by atoms with Gasteiger partial charge in [-0.1, -0.05) is 23.2 Å². The van der Waals surface area contributed by atoms with E-state index >= 15 is 0 Å². The number of nitrogens with one attached hydrogen (secondary N) is 1. The molecule has 3 aromatic rings. The van der Waals surface area contributed by atoms with Crippen LogP contribution in [0.1, 0.15) is 16.1 Å². The number of amides is 1. The lowest BCUT2D eigenvalue weighted by Gasteiger charge is -2.11. The van der Waals surface area contributed by atoms with E-state index in [0.29, 0.717) is 16.3 Å². The molecule has 0 fully saturated rings. The zero-order valence-corrected chi connectivity index (χ0v) is 15.8. The molecule has 3 rings (SSSR count). The second kappa shape index (κ2) is 8.81. The van der Waals surface area contributed by atoms with Crippen molar-refractivity contribution in [3.63, 3.8) is 0 Å². The van der Waals surface area contributed by atoms with Crippen LogP contribution in [0.3, 0.4) is 0 Å². The first-order valence-corrected chi connectivity index (χ1v) is 8.81. The Labute approximate surface area is 169 Å². The Morgan fingerprint density at radius 1 is 1.18 bits per heavy atom. The highest BCUT2D eigenvalue weighted by molar-refractivity contribution is 6.36. The van der Waals surface area contributed by atoms with Gasteiger partial charge in [0, 0.05) is 35.6 Å². The van der Waals surface area contributed by atoms with Crippen LogP contribution in [0.15, 0.2) is 42.7 Å². The molecule has 2 aromatic heterocycles. The van der Waals surface area contributed by atoms with Gasteiger partial charge >= 0.3 is 0 Å². The lowest BCUT2D eigenvalue weighted by molar-refractivity contribution is 0.102. The van der Waals surface area contributed by atoms with Gasteiger partial charge in [-0.05, 0) is 29.8 Å². The van der Waals surface area contributed by atoms with Gasteiger partial charge in [0.05, 0.1) is 11.6 Å². The van der Waals surface area contributed by atoms with E-state index in [-0.39, 0.29) is 35.3 Å². The molecule has 2 heterocycles. The van der Waals surface area contributed by atoms with E-state index in [1.807, 2.05) is 0 Å². The summed E-state index contributed by atoms with van der Waals surface area (Å²) in [6.45, 7) is 0.0875. The summed E-state index contributed by atoms with van der Waals surface area (Å²) in [7, 11) is 0. The zero-order valence-electron chi connectivity index (χ0n) is 14.3. The number of halogens is 3. The second-order valence-electron chi connectivity index (χ2n) is 5.59. The number of benzene rings is 1. The number of nitrogen functional groups attached to an aromatic ring is 1. The van der Waals surface area contributed by atoms with E-state index in [1.54, 1.807) is 24.5 Å². The molecule has 1 aromatic carbocycles. The standard InChI is InChI=1S/C18H14Cl2FN5O2/c19-12-1-2-13(21)16(20)11(12)5-8-28-15-9-14(25-26-17(15)22)18(27)24-10-3-6-23-7-4-10/h1-4,6-7,9H,5,8H2,(H2,22,26)(H,23,24,27). The van der Waals surface area contributed by atoms with Gasteiger partial charge in [0.1, 0.15) is 5.82 Å².